The van der Waals surface area contributed by atoms with Gasteiger partial charge in [-0.25, -0.2) is 4.79 Å². The van der Waals surface area contributed by atoms with Crippen LogP contribution in [0.1, 0.15) is 43.5 Å². The summed E-state index contributed by atoms with van der Waals surface area (Å²) in [6.45, 7) is 3.80. The topological polar surface area (TPSA) is 84.2 Å². The van der Waals surface area contributed by atoms with Crippen LogP contribution < -0.4 is 5.32 Å². The first kappa shape index (κ1) is 14.6. The Kier molecular flexibility index (Phi) is 4.11. The SMILES string of the molecule is Cc1cc(C)n(CC(=O)NC2(C(=O)O)CCCCC2)n1. The molecule has 2 N–H and O–H groups in total. The van der Waals surface area contributed by atoms with Crippen LogP contribution in [-0.4, -0.2) is 32.3 Å². The Hall–Kier alpha value is -1.85. The minimum atomic E-state index is -1.09. The lowest BCUT2D eigenvalue weighted by molar-refractivity contribution is -0.149. The van der Waals surface area contributed by atoms with Crippen LogP contribution in [-0.2, 0) is 16.1 Å². The van der Waals surface area contributed by atoms with Gasteiger partial charge in [0.15, 0.2) is 0 Å². The monoisotopic (exact) mass is 279 g/mol. The molecule has 110 valence electrons. The molecule has 0 aliphatic heterocycles. The van der Waals surface area contributed by atoms with Crippen molar-refractivity contribution < 1.29 is 14.7 Å². The Bertz CT molecular complexity index is 516. The largest absolute Gasteiger partial charge is 0.480 e. The fraction of sp³-hybridized carbons (Fsp3) is 0.643. The molecule has 0 unspecified atom stereocenters. The number of rotatable bonds is 4. The second-order valence-electron chi connectivity index (χ2n) is 5.58. The van der Waals surface area contributed by atoms with Gasteiger partial charge in [0.2, 0.25) is 5.91 Å². The maximum atomic E-state index is 12.1. The zero-order valence-electron chi connectivity index (χ0n) is 12.0. The second-order valence-corrected chi connectivity index (χ2v) is 5.58. The number of amides is 1. The van der Waals surface area contributed by atoms with E-state index in [4.69, 9.17) is 0 Å². The van der Waals surface area contributed by atoms with E-state index in [0.717, 1.165) is 30.7 Å². The summed E-state index contributed by atoms with van der Waals surface area (Å²) < 4.78 is 1.60. The number of aliphatic carboxylic acids is 1. The smallest absolute Gasteiger partial charge is 0.329 e. The first-order chi connectivity index (χ1) is 9.43. The fourth-order valence-electron chi connectivity index (χ4n) is 2.83. The van der Waals surface area contributed by atoms with Crippen molar-refractivity contribution in [1.29, 1.82) is 0 Å². The van der Waals surface area contributed by atoms with Gasteiger partial charge < -0.3 is 10.4 Å². The van der Waals surface area contributed by atoms with Crippen LogP contribution >= 0.6 is 0 Å². The van der Waals surface area contributed by atoms with Gasteiger partial charge in [-0.1, -0.05) is 19.3 Å². The number of aromatic nitrogens is 2. The summed E-state index contributed by atoms with van der Waals surface area (Å²) in [5, 5.41) is 16.4. The van der Waals surface area contributed by atoms with Crippen LogP contribution in [0.4, 0.5) is 0 Å². The van der Waals surface area contributed by atoms with Crippen molar-refractivity contribution in [2.24, 2.45) is 0 Å². The molecule has 1 amide bonds. The van der Waals surface area contributed by atoms with Crippen molar-refractivity contribution in [1.82, 2.24) is 15.1 Å². The van der Waals surface area contributed by atoms with E-state index in [0.29, 0.717) is 12.8 Å². The molecule has 20 heavy (non-hydrogen) atoms. The van der Waals surface area contributed by atoms with E-state index < -0.39 is 11.5 Å². The van der Waals surface area contributed by atoms with Crippen molar-refractivity contribution in [2.75, 3.05) is 0 Å². The summed E-state index contributed by atoms with van der Waals surface area (Å²) in [7, 11) is 0. The van der Waals surface area contributed by atoms with E-state index in [1.807, 2.05) is 19.9 Å². The molecule has 0 atom stereocenters. The molecular weight excluding hydrogens is 258 g/mol. The molecule has 1 aromatic heterocycles. The van der Waals surface area contributed by atoms with E-state index in [-0.39, 0.29) is 12.5 Å². The highest BCUT2D eigenvalue weighted by atomic mass is 16.4. The van der Waals surface area contributed by atoms with Crippen LogP contribution in [0.2, 0.25) is 0 Å². The average molecular weight is 279 g/mol. The minimum Gasteiger partial charge on any atom is -0.480 e. The third kappa shape index (κ3) is 3.00. The molecule has 6 nitrogen and oxygen atoms in total. The molecule has 1 fully saturated rings. The van der Waals surface area contributed by atoms with Crippen molar-refractivity contribution in [3.8, 4) is 0 Å². The van der Waals surface area contributed by atoms with Gasteiger partial charge in [0, 0.05) is 5.69 Å². The third-order valence-electron chi connectivity index (χ3n) is 3.89. The van der Waals surface area contributed by atoms with Crippen molar-refractivity contribution >= 4 is 11.9 Å². The Morgan fingerprint density at radius 3 is 2.50 bits per heavy atom. The number of carboxylic acid groups (broad SMARTS) is 1. The van der Waals surface area contributed by atoms with E-state index in [2.05, 4.69) is 10.4 Å². The highest BCUT2D eigenvalue weighted by Crippen LogP contribution is 2.28. The Morgan fingerprint density at radius 2 is 2.00 bits per heavy atom. The summed E-state index contributed by atoms with van der Waals surface area (Å²) in [4.78, 5) is 23.6. The maximum Gasteiger partial charge on any atom is 0.329 e. The van der Waals surface area contributed by atoms with Crippen LogP contribution in [0.5, 0.6) is 0 Å². The molecule has 1 aliphatic rings. The van der Waals surface area contributed by atoms with E-state index in [1.54, 1.807) is 4.68 Å². The molecule has 1 saturated carbocycles. The Balaban J connectivity index is 2.05. The molecule has 1 heterocycles. The van der Waals surface area contributed by atoms with Crippen molar-refractivity contribution in [3.05, 3.63) is 17.5 Å². The first-order valence-electron chi connectivity index (χ1n) is 6.98. The molecule has 1 aliphatic carbocycles. The van der Waals surface area contributed by atoms with Gasteiger partial charge in [0.25, 0.3) is 0 Å². The number of carboxylic acids is 1. The van der Waals surface area contributed by atoms with Gasteiger partial charge in [-0.3, -0.25) is 9.48 Å². The zero-order valence-corrected chi connectivity index (χ0v) is 12.0. The van der Waals surface area contributed by atoms with Gasteiger partial charge in [-0.2, -0.15) is 5.10 Å². The minimum absolute atomic E-state index is 0.0642. The molecule has 0 saturated heterocycles. The summed E-state index contributed by atoms with van der Waals surface area (Å²) in [6, 6.07) is 1.89. The average Bonchev–Trinajstić information content (AvgIpc) is 2.68. The summed E-state index contributed by atoms with van der Waals surface area (Å²) in [5.41, 5.74) is 0.650. The lowest BCUT2D eigenvalue weighted by atomic mass is 9.81. The summed E-state index contributed by atoms with van der Waals surface area (Å²) in [6.07, 6.45) is 3.72. The van der Waals surface area contributed by atoms with E-state index in [1.165, 1.54) is 0 Å². The first-order valence-corrected chi connectivity index (χ1v) is 6.98. The number of nitrogens with one attached hydrogen (secondary N) is 1. The molecular formula is C14H21N3O3. The summed E-state index contributed by atoms with van der Waals surface area (Å²) >= 11 is 0. The van der Waals surface area contributed by atoms with Crippen LogP contribution in [0.3, 0.4) is 0 Å². The number of nitrogens with zero attached hydrogens (tertiary/aromatic N) is 2. The molecule has 2 rings (SSSR count). The number of carbonyl (C=O) groups is 2. The molecule has 0 bridgehead atoms. The van der Waals surface area contributed by atoms with E-state index >= 15 is 0 Å². The predicted octanol–water partition coefficient (Wildman–Crippen LogP) is 1.40. The highest BCUT2D eigenvalue weighted by Gasteiger charge is 2.40. The molecule has 0 aromatic carbocycles. The van der Waals surface area contributed by atoms with Crippen molar-refractivity contribution in [3.63, 3.8) is 0 Å². The maximum absolute atomic E-state index is 12.1. The second kappa shape index (κ2) is 5.64. The fourth-order valence-corrected chi connectivity index (χ4v) is 2.83. The van der Waals surface area contributed by atoms with E-state index in [9.17, 15) is 14.7 Å². The number of aryl methyl sites for hydroxylation is 2. The zero-order chi connectivity index (χ0) is 14.8. The number of carbonyl (C=O) groups excluding carboxylic acids is 1. The molecule has 1 aromatic rings. The molecule has 0 radical (unpaired) electrons. The van der Waals surface area contributed by atoms with Gasteiger partial charge in [-0.05, 0) is 32.8 Å². The molecule has 6 heteroatoms. The summed E-state index contributed by atoms with van der Waals surface area (Å²) in [5.74, 6) is -1.22. The van der Waals surface area contributed by atoms with Crippen LogP contribution in [0.15, 0.2) is 6.07 Å². The Morgan fingerprint density at radius 1 is 1.35 bits per heavy atom. The highest BCUT2D eigenvalue weighted by molar-refractivity contribution is 5.87. The lowest BCUT2D eigenvalue weighted by Gasteiger charge is -2.34. The lowest BCUT2D eigenvalue weighted by Crippen LogP contribution is -2.56. The molecule has 0 spiro atoms. The normalized spacial score (nSPS) is 17.7. The quantitative estimate of drug-likeness (QED) is 0.872. The predicted molar refractivity (Wildman–Crippen MR) is 73.3 cm³/mol. The Labute approximate surface area is 118 Å². The van der Waals surface area contributed by atoms with Gasteiger partial charge >= 0.3 is 5.97 Å². The number of hydrogen-bond acceptors (Lipinski definition) is 3. The standard InChI is InChI=1S/C14H21N3O3/c1-10-8-11(2)17(16-10)9-12(18)15-14(13(19)20)6-4-3-5-7-14/h8H,3-7,9H2,1-2H3,(H,15,18)(H,19,20). The van der Waals surface area contributed by atoms with Crippen LogP contribution in [0.25, 0.3) is 0 Å². The van der Waals surface area contributed by atoms with Gasteiger partial charge in [0.1, 0.15) is 12.1 Å². The van der Waals surface area contributed by atoms with Crippen molar-refractivity contribution in [2.45, 2.75) is 58.0 Å². The third-order valence-corrected chi connectivity index (χ3v) is 3.89. The van der Waals surface area contributed by atoms with Gasteiger partial charge in [-0.15, -0.1) is 0 Å². The number of hydrogen-bond donors (Lipinski definition) is 2. The van der Waals surface area contributed by atoms with Gasteiger partial charge in [0.05, 0.1) is 5.69 Å². The van der Waals surface area contributed by atoms with Crippen LogP contribution in [0, 0.1) is 13.8 Å².